The van der Waals surface area contributed by atoms with Crippen molar-refractivity contribution in [3.63, 3.8) is 0 Å². The molecule has 0 bridgehead atoms. The molecule has 2 rings (SSSR count). The number of hydrogen-bond acceptors (Lipinski definition) is 6. The molecule has 1 N–H and O–H groups in total. The maximum Gasteiger partial charge on any atom is 0.244 e. The lowest BCUT2D eigenvalue weighted by atomic mass is 10.1. The van der Waals surface area contributed by atoms with Gasteiger partial charge >= 0.3 is 0 Å². The molecular formula is C23H29Cl2N3O6S. The van der Waals surface area contributed by atoms with Crippen LogP contribution in [0.4, 0.5) is 5.69 Å². The van der Waals surface area contributed by atoms with E-state index in [2.05, 4.69) is 5.32 Å². The normalized spacial score (nSPS) is 12.0. The van der Waals surface area contributed by atoms with E-state index >= 15 is 0 Å². The number of amides is 2. The van der Waals surface area contributed by atoms with Gasteiger partial charge in [0.25, 0.3) is 0 Å². The molecule has 0 aliphatic carbocycles. The second-order valence-electron chi connectivity index (χ2n) is 7.60. The van der Waals surface area contributed by atoms with Crippen LogP contribution in [-0.2, 0) is 26.2 Å². The van der Waals surface area contributed by atoms with Gasteiger partial charge in [-0.15, -0.1) is 0 Å². The highest BCUT2D eigenvalue weighted by molar-refractivity contribution is 7.92. The Morgan fingerprint density at radius 3 is 2.17 bits per heavy atom. The van der Waals surface area contributed by atoms with Crippen LogP contribution >= 0.6 is 23.2 Å². The zero-order chi connectivity index (χ0) is 26.3. The molecule has 9 nitrogen and oxygen atoms in total. The van der Waals surface area contributed by atoms with Crippen molar-refractivity contribution >= 4 is 50.7 Å². The summed E-state index contributed by atoms with van der Waals surface area (Å²) in [5, 5.41) is 3.31. The van der Waals surface area contributed by atoms with Gasteiger partial charge in [-0.25, -0.2) is 8.42 Å². The lowest BCUT2D eigenvalue weighted by Gasteiger charge is -2.32. The third kappa shape index (κ3) is 7.16. The summed E-state index contributed by atoms with van der Waals surface area (Å²) < 4.78 is 36.8. The number of hydrogen-bond donors (Lipinski definition) is 1. The molecule has 0 saturated heterocycles. The predicted molar refractivity (Wildman–Crippen MR) is 137 cm³/mol. The Morgan fingerprint density at radius 1 is 1.06 bits per heavy atom. The van der Waals surface area contributed by atoms with Gasteiger partial charge in [0, 0.05) is 34.8 Å². The van der Waals surface area contributed by atoms with E-state index in [0.29, 0.717) is 33.7 Å². The minimum atomic E-state index is -3.90. The number of carbonyl (C=O) groups is 2. The smallest absolute Gasteiger partial charge is 0.244 e. The summed E-state index contributed by atoms with van der Waals surface area (Å²) in [6.45, 7) is 3.00. The van der Waals surface area contributed by atoms with Crippen LogP contribution in [0.1, 0.15) is 19.4 Å². The highest BCUT2D eigenvalue weighted by Gasteiger charge is 2.31. The number of ether oxygens (including phenoxy) is 2. The number of methoxy groups -OCH3 is 2. The van der Waals surface area contributed by atoms with Crippen molar-refractivity contribution in [3.05, 3.63) is 52.0 Å². The van der Waals surface area contributed by atoms with Crippen LogP contribution in [0.15, 0.2) is 36.4 Å². The van der Waals surface area contributed by atoms with E-state index in [1.54, 1.807) is 32.0 Å². The fourth-order valence-corrected chi connectivity index (χ4v) is 4.71. The molecule has 0 heterocycles. The average Bonchev–Trinajstić information content (AvgIpc) is 2.80. The van der Waals surface area contributed by atoms with Crippen LogP contribution in [0.3, 0.4) is 0 Å². The third-order valence-electron chi connectivity index (χ3n) is 5.24. The second-order valence-corrected chi connectivity index (χ2v) is 10.3. The summed E-state index contributed by atoms with van der Waals surface area (Å²) in [6.07, 6.45) is 0.986. The molecule has 192 valence electrons. The number of rotatable bonds is 11. The summed E-state index contributed by atoms with van der Waals surface area (Å²) in [5.74, 6) is -0.335. The van der Waals surface area contributed by atoms with Crippen molar-refractivity contribution in [2.24, 2.45) is 0 Å². The predicted octanol–water partition coefficient (Wildman–Crippen LogP) is 3.33. The van der Waals surface area contributed by atoms with Crippen LogP contribution in [-0.4, -0.2) is 64.7 Å². The summed E-state index contributed by atoms with van der Waals surface area (Å²) in [4.78, 5) is 27.4. The average molecular weight is 546 g/mol. The maximum atomic E-state index is 13.5. The molecule has 0 saturated carbocycles. The van der Waals surface area contributed by atoms with Gasteiger partial charge in [0.2, 0.25) is 21.8 Å². The molecule has 0 fully saturated rings. The molecule has 2 amide bonds. The molecule has 12 heteroatoms. The molecule has 0 aromatic heterocycles. The van der Waals surface area contributed by atoms with Gasteiger partial charge in [0.15, 0.2) is 11.5 Å². The minimum absolute atomic E-state index is 0.0980. The Bertz CT molecular complexity index is 1160. The molecule has 0 radical (unpaired) electrons. The van der Waals surface area contributed by atoms with Crippen LogP contribution in [0, 0.1) is 0 Å². The third-order valence-corrected chi connectivity index (χ3v) is 7.09. The van der Waals surface area contributed by atoms with E-state index < -0.39 is 34.4 Å². The van der Waals surface area contributed by atoms with Crippen molar-refractivity contribution in [2.75, 3.05) is 37.9 Å². The van der Waals surface area contributed by atoms with Crippen LogP contribution in [0.5, 0.6) is 11.5 Å². The summed E-state index contributed by atoms with van der Waals surface area (Å²) >= 11 is 12.6. The molecule has 35 heavy (non-hydrogen) atoms. The zero-order valence-corrected chi connectivity index (χ0v) is 22.5. The summed E-state index contributed by atoms with van der Waals surface area (Å²) in [5.41, 5.74) is 0.636. The number of sulfonamides is 1. The maximum absolute atomic E-state index is 13.5. The van der Waals surface area contributed by atoms with Gasteiger partial charge < -0.3 is 19.7 Å². The first-order chi connectivity index (χ1) is 16.4. The van der Waals surface area contributed by atoms with Crippen LogP contribution in [0.2, 0.25) is 10.0 Å². The number of nitrogens with zero attached hydrogens (tertiary/aromatic N) is 2. The van der Waals surface area contributed by atoms with Gasteiger partial charge in [0.1, 0.15) is 12.6 Å². The number of nitrogens with one attached hydrogen (secondary N) is 1. The first-order valence-electron chi connectivity index (χ1n) is 10.6. The monoisotopic (exact) mass is 545 g/mol. The van der Waals surface area contributed by atoms with E-state index in [0.717, 1.165) is 10.6 Å². The molecule has 2 aromatic carbocycles. The SMILES string of the molecule is CCNC(=O)C(C)N(Cc1c(Cl)cccc1Cl)C(=O)CN(c1ccc(OC)c(OC)c1)S(C)(=O)=O. The second kappa shape index (κ2) is 12.3. The molecule has 1 atom stereocenters. The van der Waals surface area contributed by atoms with Gasteiger partial charge in [-0.05, 0) is 38.1 Å². The largest absolute Gasteiger partial charge is 0.493 e. The fourth-order valence-electron chi connectivity index (χ4n) is 3.35. The topological polar surface area (TPSA) is 105 Å². The Balaban J connectivity index is 2.49. The molecule has 0 aliphatic heterocycles. The Labute approximate surface area is 215 Å². The number of carbonyl (C=O) groups excluding carboxylic acids is 2. The lowest BCUT2D eigenvalue weighted by Crippen LogP contribution is -2.51. The Hall–Kier alpha value is -2.69. The summed E-state index contributed by atoms with van der Waals surface area (Å²) in [7, 11) is -1.03. The molecule has 0 aliphatic rings. The summed E-state index contributed by atoms with van der Waals surface area (Å²) in [6, 6.07) is 8.46. The highest BCUT2D eigenvalue weighted by atomic mass is 35.5. The van der Waals surface area contributed by atoms with Crippen molar-refractivity contribution < 1.29 is 27.5 Å². The van der Waals surface area contributed by atoms with E-state index in [1.165, 1.54) is 37.3 Å². The fraction of sp³-hybridized carbons (Fsp3) is 0.391. The standard InChI is InChI=1S/C23H29Cl2N3O6S/c1-6-26-23(30)15(2)27(13-17-18(24)8-7-9-19(17)25)22(29)14-28(35(5,31)32)16-10-11-20(33-3)21(12-16)34-4/h7-12,15H,6,13-14H2,1-5H3,(H,26,30). The van der Waals surface area contributed by atoms with Gasteiger partial charge in [0.05, 0.1) is 26.2 Å². The van der Waals surface area contributed by atoms with Gasteiger partial charge in [-0.2, -0.15) is 0 Å². The van der Waals surface area contributed by atoms with Crippen molar-refractivity contribution in [1.29, 1.82) is 0 Å². The Kier molecular flexibility index (Phi) is 10.1. The highest BCUT2D eigenvalue weighted by Crippen LogP contribution is 2.33. The minimum Gasteiger partial charge on any atom is -0.493 e. The molecule has 1 unspecified atom stereocenters. The zero-order valence-electron chi connectivity index (χ0n) is 20.2. The van der Waals surface area contributed by atoms with Crippen LogP contribution in [0.25, 0.3) is 0 Å². The van der Waals surface area contributed by atoms with Crippen molar-refractivity contribution in [3.8, 4) is 11.5 Å². The number of halogens is 2. The van der Waals surface area contributed by atoms with E-state index in [-0.39, 0.29) is 12.2 Å². The van der Waals surface area contributed by atoms with Gasteiger partial charge in [-0.3, -0.25) is 13.9 Å². The first-order valence-corrected chi connectivity index (χ1v) is 13.2. The number of likely N-dealkylation sites (N-methyl/N-ethyl adjacent to an activating group) is 1. The van der Waals surface area contributed by atoms with E-state index in [9.17, 15) is 18.0 Å². The van der Waals surface area contributed by atoms with Crippen molar-refractivity contribution in [1.82, 2.24) is 10.2 Å². The lowest BCUT2D eigenvalue weighted by molar-refractivity contribution is -0.139. The van der Waals surface area contributed by atoms with Crippen molar-refractivity contribution in [2.45, 2.75) is 26.4 Å². The van der Waals surface area contributed by atoms with Gasteiger partial charge in [-0.1, -0.05) is 29.3 Å². The quantitative estimate of drug-likeness (QED) is 0.464. The van der Waals surface area contributed by atoms with E-state index in [4.69, 9.17) is 32.7 Å². The molecule has 0 spiro atoms. The number of benzene rings is 2. The Morgan fingerprint density at radius 2 is 1.66 bits per heavy atom. The van der Waals surface area contributed by atoms with Crippen LogP contribution < -0.4 is 19.1 Å². The first kappa shape index (κ1) is 28.5. The van der Waals surface area contributed by atoms with E-state index in [1.807, 2.05) is 0 Å². The molecular weight excluding hydrogens is 517 g/mol. The molecule has 2 aromatic rings. The number of anilines is 1.